The summed E-state index contributed by atoms with van der Waals surface area (Å²) < 4.78 is 24.2. The highest BCUT2D eigenvalue weighted by molar-refractivity contribution is 4.76. The van der Waals surface area contributed by atoms with E-state index in [-0.39, 0.29) is 0 Å². The van der Waals surface area contributed by atoms with Crippen LogP contribution in [0.15, 0.2) is 0 Å². The molecule has 0 bridgehead atoms. The van der Waals surface area contributed by atoms with Gasteiger partial charge in [0.2, 0.25) is 0 Å². The van der Waals surface area contributed by atoms with Gasteiger partial charge in [-0.15, -0.1) is 0 Å². The van der Waals surface area contributed by atoms with E-state index in [0.29, 0.717) is 5.92 Å². The SMILES string of the molecule is CC(NCC1CCN(C)C1)C(F)F. The van der Waals surface area contributed by atoms with Crippen LogP contribution in [0.1, 0.15) is 13.3 Å². The van der Waals surface area contributed by atoms with E-state index in [2.05, 4.69) is 17.3 Å². The normalized spacial score (nSPS) is 27.0. The highest BCUT2D eigenvalue weighted by atomic mass is 19.3. The first-order valence-electron chi connectivity index (χ1n) is 4.79. The highest BCUT2D eigenvalue weighted by Gasteiger charge is 2.21. The van der Waals surface area contributed by atoms with Crippen LogP contribution < -0.4 is 5.32 Å². The van der Waals surface area contributed by atoms with Crippen LogP contribution in [-0.4, -0.2) is 44.0 Å². The summed E-state index contributed by atoms with van der Waals surface area (Å²) in [4.78, 5) is 2.24. The molecule has 0 spiro atoms. The van der Waals surface area contributed by atoms with Gasteiger partial charge in [0.05, 0.1) is 6.04 Å². The molecule has 2 atom stereocenters. The van der Waals surface area contributed by atoms with Crippen molar-refractivity contribution in [1.82, 2.24) is 10.2 Å². The lowest BCUT2D eigenvalue weighted by Gasteiger charge is -2.16. The minimum Gasteiger partial charge on any atom is -0.309 e. The van der Waals surface area contributed by atoms with Gasteiger partial charge in [0.25, 0.3) is 6.43 Å². The number of nitrogens with one attached hydrogen (secondary N) is 1. The molecule has 1 aliphatic rings. The number of alkyl halides is 2. The average Bonchev–Trinajstić information content (AvgIpc) is 2.47. The first-order chi connectivity index (χ1) is 6.09. The molecule has 1 aliphatic heterocycles. The molecule has 0 radical (unpaired) electrons. The Bertz CT molecular complexity index is 153. The van der Waals surface area contributed by atoms with E-state index in [0.717, 1.165) is 26.1 Å². The van der Waals surface area contributed by atoms with Crippen LogP contribution in [0.5, 0.6) is 0 Å². The Morgan fingerprint density at radius 2 is 2.23 bits per heavy atom. The van der Waals surface area contributed by atoms with Crippen LogP contribution in [0.2, 0.25) is 0 Å². The average molecular weight is 192 g/mol. The lowest BCUT2D eigenvalue weighted by Crippen LogP contribution is -2.36. The maximum Gasteiger partial charge on any atom is 0.253 e. The molecule has 1 N–H and O–H groups in total. The minimum atomic E-state index is -2.25. The van der Waals surface area contributed by atoms with Crippen LogP contribution >= 0.6 is 0 Å². The van der Waals surface area contributed by atoms with Crippen molar-refractivity contribution in [3.8, 4) is 0 Å². The predicted molar refractivity (Wildman–Crippen MR) is 49.1 cm³/mol. The Labute approximate surface area is 78.3 Å². The van der Waals surface area contributed by atoms with Crippen LogP contribution in [0, 0.1) is 5.92 Å². The highest BCUT2D eigenvalue weighted by Crippen LogP contribution is 2.13. The van der Waals surface area contributed by atoms with E-state index in [9.17, 15) is 8.78 Å². The number of likely N-dealkylation sites (tertiary alicyclic amines) is 1. The Morgan fingerprint density at radius 3 is 2.69 bits per heavy atom. The third kappa shape index (κ3) is 3.56. The lowest BCUT2D eigenvalue weighted by molar-refractivity contribution is 0.104. The van der Waals surface area contributed by atoms with E-state index in [1.54, 1.807) is 0 Å². The fourth-order valence-corrected chi connectivity index (χ4v) is 1.63. The van der Waals surface area contributed by atoms with Gasteiger partial charge in [-0.25, -0.2) is 8.78 Å². The summed E-state index contributed by atoms with van der Waals surface area (Å²) in [6.07, 6.45) is -1.13. The molecule has 13 heavy (non-hydrogen) atoms. The summed E-state index contributed by atoms with van der Waals surface area (Å²) in [5.41, 5.74) is 0. The van der Waals surface area contributed by atoms with E-state index >= 15 is 0 Å². The van der Waals surface area contributed by atoms with Gasteiger partial charge in [-0.05, 0) is 39.4 Å². The summed E-state index contributed by atoms with van der Waals surface area (Å²) >= 11 is 0. The van der Waals surface area contributed by atoms with Crippen molar-refractivity contribution in [1.29, 1.82) is 0 Å². The van der Waals surface area contributed by atoms with Crippen molar-refractivity contribution < 1.29 is 8.78 Å². The van der Waals surface area contributed by atoms with E-state index in [1.165, 1.54) is 6.92 Å². The molecule has 78 valence electrons. The number of hydrogen-bond donors (Lipinski definition) is 1. The topological polar surface area (TPSA) is 15.3 Å². The summed E-state index contributed by atoms with van der Waals surface area (Å²) in [6.45, 7) is 4.37. The van der Waals surface area contributed by atoms with E-state index < -0.39 is 12.5 Å². The van der Waals surface area contributed by atoms with Crippen molar-refractivity contribution in [3.63, 3.8) is 0 Å². The molecule has 2 unspecified atom stereocenters. The number of hydrogen-bond acceptors (Lipinski definition) is 2. The van der Waals surface area contributed by atoms with E-state index in [4.69, 9.17) is 0 Å². The van der Waals surface area contributed by atoms with Gasteiger partial charge >= 0.3 is 0 Å². The molecule has 0 saturated carbocycles. The Hall–Kier alpha value is -0.220. The molecular formula is C9H18F2N2. The van der Waals surface area contributed by atoms with Gasteiger partial charge < -0.3 is 10.2 Å². The van der Waals surface area contributed by atoms with Crippen LogP contribution in [-0.2, 0) is 0 Å². The number of nitrogens with zero attached hydrogens (tertiary/aromatic N) is 1. The summed E-state index contributed by atoms with van der Waals surface area (Å²) in [7, 11) is 2.07. The van der Waals surface area contributed by atoms with Crippen molar-refractivity contribution in [2.75, 3.05) is 26.7 Å². The van der Waals surface area contributed by atoms with Gasteiger partial charge in [0, 0.05) is 6.54 Å². The zero-order valence-electron chi connectivity index (χ0n) is 8.26. The first-order valence-corrected chi connectivity index (χ1v) is 4.79. The van der Waals surface area contributed by atoms with E-state index in [1.807, 2.05) is 0 Å². The van der Waals surface area contributed by atoms with Crippen LogP contribution in [0.3, 0.4) is 0 Å². The second-order valence-electron chi connectivity index (χ2n) is 3.95. The summed E-state index contributed by atoms with van der Waals surface area (Å²) in [5, 5.41) is 2.87. The monoisotopic (exact) mass is 192 g/mol. The first kappa shape index (κ1) is 10.9. The van der Waals surface area contributed by atoms with Gasteiger partial charge in [-0.2, -0.15) is 0 Å². The zero-order valence-corrected chi connectivity index (χ0v) is 8.26. The van der Waals surface area contributed by atoms with Crippen molar-refractivity contribution >= 4 is 0 Å². The van der Waals surface area contributed by atoms with Gasteiger partial charge in [0.15, 0.2) is 0 Å². The van der Waals surface area contributed by atoms with Crippen molar-refractivity contribution in [2.45, 2.75) is 25.8 Å². The maximum absolute atomic E-state index is 12.1. The fraction of sp³-hybridized carbons (Fsp3) is 1.00. The molecule has 0 amide bonds. The molecule has 0 aromatic carbocycles. The molecule has 1 heterocycles. The molecule has 0 aromatic heterocycles. The fourth-order valence-electron chi connectivity index (χ4n) is 1.63. The molecule has 1 fully saturated rings. The summed E-state index contributed by atoms with van der Waals surface area (Å²) in [5.74, 6) is 0.547. The number of halogens is 2. The molecule has 4 heteroatoms. The molecule has 2 nitrogen and oxygen atoms in total. The second-order valence-corrected chi connectivity index (χ2v) is 3.95. The third-order valence-corrected chi connectivity index (χ3v) is 2.60. The van der Waals surface area contributed by atoms with Gasteiger partial charge in [0.1, 0.15) is 0 Å². The predicted octanol–water partition coefficient (Wildman–Crippen LogP) is 1.18. The standard InChI is InChI=1S/C9H18F2N2/c1-7(9(10)11)12-5-8-3-4-13(2)6-8/h7-9,12H,3-6H2,1-2H3. The largest absolute Gasteiger partial charge is 0.309 e. The number of rotatable bonds is 4. The van der Waals surface area contributed by atoms with Crippen molar-refractivity contribution in [3.05, 3.63) is 0 Å². The Kier molecular flexibility index (Phi) is 4.06. The Balaban J connectivity index is 2.12. The molecule has 1 saturated heterocycles. The molecular weight excluding hydrogens is 174 g/mol. The van der Waals surface area contributed by atoms with Crippen molar-refractivity contribution in [2.24, 2.45) is 5.92 Å². The third-order valence-electron chi connectivity index (χ3n) is 2.60. The molecule has 0 aliphatic carbocycles. The maximum atomic E-state index is 12.1. The second kappa shape index (κ2) is 4.86. The van der Waals surface area contributed by atoms with Crippen LogP contribution in [0.25, 0.3) is 0 Å². The minimum absolute atomic E-state index is 0.547. The molecule has 0 aromatic rings. The van der Waals surface area contributed by atoms with Crippen LogP contribution in [0.4, 0.5) is 8.78 Å². The smallest absolute Gasteiger partial charge is 0.253 e. The lowest BCUT2D eigenvalue weighted by atomic mass is 10.1. The molecule has 1 rings (SSSR count). The summed E-state index contributed by atoms with van der Waals surface area (Å²) in [6, 6.07) is -0.675. The Morgan fingerprint density at radius 1 is 1.54 bits per heavy atom. The van der Waals surface area contributed by atoms with Gasteiger partial charge in [-0.1, -0.05) is 0 Å². The zero-order chi connectivity index (χ0) is 9.84. The van der Waals surface area contributed by atoms with Gasteiger partial charge in [-0.3, -0.25) is 0 Å². The quantitative estimate of drug-likeness (QED) is 0.719.